The third kappa shape index (κ3) is 2.30. The van der Waals surface area contributed by atoms with E-state index in [1.165, 1.54) is 0 Å². The standard InChI is InChI=1S/C13H18N2O/c1-9-6-7-10(8-15-9)13(16)11-4-2-3-5-12(11)14/h6-8,11-12H,2-5,14H2,1H3. The van der Waals surface area contributed by atoms with Gasteiger partial charge in [-0.2, -0.15) is 0 Å². The Hall–Kier alpha value is -1.22. The lowest BCUT2D eigenvalue weighted by atomic mass is 9.80. The molecule has 1 fully saturated rings. The summed E-state index contributed by atoms with van der Waals surface area (Å²) in [5.74, 6) is 0.165. The fraction of sp³-hybridized carbons (Fsp3) is 0.538. The Morgan fingerprint density at radius 2 is 2.12 bits per heavy atom. The summed E-state index contributed by atoms with van der Waals surface area (Å²) < 4.78 is 0. The highest BCUT2D eigenvalue weighted by Gasteiger charge is 2.28. The van der Waals surface area contributed by atoms with Crippen molar-refractivity contribution in [2.45, 2.75) is 38.6 Å². The number of aryl methyl sites for hydroxylation is 1. The monoisotopic (exact) mass is 218 g/mol. The van der Waals surface area contributed by atoms with E-state index in [1.54, 1.807) is 6.20 Å². The number of carbonyl (C=O) groups is 1. The van der Waals surface area contributed by atoms with Gasteiger partial charge in [0.15, 0.2) is 5.78 Å². The Morgan fingerprint density at radius 1 is 1.38 bits per heavy atom. The molecule has 0 aromatic carbocycles. The van der Waals surface area contributed by atoms with E-state index in [2.05, 4.69) is 4.98 Å². The minimum Gasteiger partial charge on any atom is -0.327 e. The number of Topliss-reactive ketones (excluding diaryl/α,β-unsaturated/α-hetero) is 1. The fourth-order valence-electron chi connectivity index (χ4n) is 2.31. The molecule has 1 aliphatic carbocycles. The summed E-state index contributed by atoms with van der Waals surface area (Å²) in [4.78, 5) is 16.4. The number of carbonyl (C=O) groups excluding carboxylic acids is 1. The van der Waals surface area contributed by atoms with Crippen molar-refractivity contribution in [1.82, 2.24) is 4.98 Å². The van der Waals surface area contributed by atoms with Crippen LogP contribution in [0.25, 0.3) is 0 Å². The molecule has 2 N–H and O–H groups in total. The number of ketones is 1. The second kappa shape index (κ2) is 4.74. The molecule has 1 aromatic rings. The SMILES string of the molecule is Cc1ccc(C(=O)C2CCCCC2N)cn1. The molecule has 0 bridgehead atoms. The number of hydrogen-bond acceptors (Lipinski definition) is 3. The predicted octanol–water partition coefficient (Wildman–Crippen LogP) is 2.09. The molecule has 3 heteroatoms. The van der Waals surface area contributed by atoms with Crippen molar-refractivity contribution in [3.63, 3.8) is 0 Å². The molecular formula is C13H18N2O. The molecular weight excluding hydrogens is 200 g/mol. The van der Waals surface area contributed by atoms with Gasteiger partial charge in [-0.15, -0.1) is 0 Å². The van der Waals surface area contributed by atoms with Crippen molar-refractivity contribution in [2.24, 2.45) is 11.7 Å². The molecule has 2 rings (SSSR count). The van der Waals surface area contributed by atoms with Crippen LogP contribution in [-0.4, -0.2) is 16.8 Å². The van der Waals surface area contributed by atoms with Gasteiger partial charge in [0, 0.05) is 29.4 Å². The quantitative estimate of drug-likeness (QED) is 0.773. The first kappa shape index (κ1) is 11.3. The normalized spacial score (nSPS) is 25.4. The molecule has 1 heterocycles. The highest BCUT2D eigenvalue weighted by Crippen LogP contribution is 2.26. The van der Waals surface area contributed by atoms with Crippen LogP contribution in [0.4, 0.5) is 0 Å². The highest BCUT2D eigenvalue weighted by atomic mass is 16.1. The second-order valence-electron chi connectivity index (χ2n) is 4.61. The van der Waals surface area contributed by atoms with Crippen molar-refractivity contribution >= 4 is 5.78 Å². The molecule has 86 valence electrons. The van der Waals surface area contributed by atoms with E-state index in [4.69, 9.17) is 5.73 Å². The molecule has 1 saturated carbocycles. The molecule has 0 saturated heterocycles. The average molecular weight is 218 g/mol. The van der Waals surface area contributed by atoms with Gasteiger partial charge in [0.05, 0.1) is 0 Å². The summed E-state index contributed by atoms with van der Waals surface area (Å²) >= 11 is 0. The van der Waals surface area contributed by atoms with E-state index in [9.17, 15) is 4.79 Å². The number of rotatable bonds is 2. The van der Waals surface area contributed by atoms with E-state index in [1.807, 2.05) is 19.1 Å². The Labute approximate surface area is 96.1 Å². The van der Waals surface area contributed by atoms with E-state index < -0.39 is 0 Å². The Morgan fingerprint density at radius 3 is 2.75 bits per heavy atom. The zero-order valence-electron chi connectivity index (χ0n) is 9.65. The van der Waals surface area contributed by atoms with Gasteiger partial charge < -0.3 is 5.73 Å². The molecule has 0 radical (unpaired) electrons. The van der Waals surface area contributed by atoms with Crippen LogP contribution in [0.1, 0.15) is 41.7 Å². The maximum atomic E-state index is 12.2. The van der Waals surface area contributed by atoms with E-state index in [-0.39, 0.29) is 17.7 Å². The van der Waals surface area contributed by atoms with Crippen LogP contribution in [-0.2, 0) is 0 Å². The Balaban J connectivity index is 2.14. The Kier molecular flexibility index (Phi) is 3.34. The molecule has 16 heavy (non-hydrogen) atoms. The summed E-state index contributed by atoms with van der Waals surface area (Å²) in [6, 6.07) is 3.76. The summed E-state index contributed by atoms with van der Waals surface area (Å²) in [5, 5.41) is 0. The fourth-order valence-corrected chi connectivity index (χ4v) is 2.31. The molecule has 1 aromatic heterocycles. The van der Waals surface area contributed by atoms with Crippen LogP contribution >= 0.6 is 0 Å². The molecule has 3 nitrogen and oxygen atoms in total. The molecule has 2 atom stereocenters. The summed E-state index contributed by atoms with van der Waals surface area (Å²) in [6.45, 7) is 1.92. The first-order valence-electron chi connectivity index (χ1n) is 5.91. The van der Waals surface area contributed by atoms with Crippen LogP contribution in [0.15, 0.2) is 18.3 Å². The van der Waals surface area contributed by atoms with Crippen LogP contribution in [0.3, 0.4) is 0 Å². The summed E-state index contributed by atoms with van der Waals surface area (Å²) in [7, 11) is 0. The zero-order chi connectivity index (χ0) is 11.5. The van der Waals surface area contributed by atoms with Gasteiger partial charge in [-0.1, -0.05) is 12.8 Å². The van der Waals surface area contributed by atoms with E-state index >= 15 is 0 Å². The third-order valence-corrected chi connectivity index (χ3v) is 3.35. The molecule has 0 aliphatic heterocycles. The number of hydrogen-bond donors (Lipinski definition) is 1. The van der Waals surface area contributed by atoms with Gasteiger partial charge in [-0.05, 0) is 31.9 Å². The van der Waals surface area contributed by atoms with Crippen LogP contribution in [0.2, 0.25) is 0 Å². The van der Waals surface area contributed by atoms with Crippen molar-refractivity contribution in [2.75, 3.05) is 0 Å². The van der Waals surface area contributed by atoms with Crippen LogP contribution in [0.5, 0.6) is 0 Å². The second-order valence-corrected chi connectivity index (χ2v) is 4.61. The number of aromatic nitrogens is 1. The van der Waals surface area contributed by atoms with E-state index in [0.29, 0.717) is 5.56 Å². The third-order valence-electron chi connectivity index (χ3n) is 3.35. The van der Waals surface area contributed by atoms with Gasteiger partial charge in [-0.25, -0.2) is 0 Å². The first-order chi connectivity index (χ1) is 7.68. The maximum Gasteiger partial charge on any atom is 0.169 e. The van der Waals surface area contributed by atoms with Crippen molar-refractivity contribution in [1.29, 1.82) is 0 Å². The van der Waals surface area contributed by atoms with E-state index in [0.717, 1.165) is 31.4 Å². The van der Waals surface area contributed by atoms with Crippen LogP contribution < -0.4 is 5.73 Å². The summed E-state index contributed by atoms with van der Waals surface area (Å²) in [6.07, 6.45) is 5.82. The minimum absolute atomic E-state index is 0.00161. The van der Waals surface area contributed by atoms with Crippen LogP contribution in [0, 0.1) is 12.8 Å². The average Bonchev–Trinajstić information content (AvgIpc) is 2.30. The number of pyridine rings is 1. The minimum atomic E-state index is -0.00161. The van der Waals surface area contributed by atoms with Gasteiger partial charge in [-0.3, -0.25) is 9.78 Å². The molecule has 0 spiro atoms. The number of nitrogens with zero attached hydrogens (tertiary/aromatic N) is 1. The van der Waals surface area contributed by atoms with Gasteiger partial charge in [0.2, 0.25) is 0 Å². The smallest absolute Gasteiger partial charge is 0.169 e. The first-order valence-corrected chi connectivity index (χ1v) is 5.91. The molecule has 1 aliphatic rings. The summed E-state index contributed by atoms with van der Waals surface area (Å²) in [5.41, 5.74) is 7.64. The molecule has 2 unspecified atom stereocenters. The molecule has 0 amide bonds. The lowest BCUT2D eigenvalue weighted by molar-refractivity contribution is 0.0870. The largest absolute Gasteiger partial charge is 0.327 e. The van der Waals surface area contributed by atoms with Crippen molar-refractivity contribution in [3.8, 4) is 0 Å². The lowest BCUT2D eigenvalue weighted by Crippen LogP contribution is -2.38. The zero-order valence-corrected chi connectivity index (χ0v) is 9.65. The van der Waals surface area contributed by atoms with Crippen molar-refractivity contribution < 1.29 is 4.79 Å². The maximum absolute atomic E-state index is 12.2. The topological polar surface area (TPSA) is 56.0 Å². The van der Waals surface area contributed by atoms with Gasteiger partial charge in [0.25, 0.3) is 0 Å². The predicted molar refractivity (Wildman–Crippen MR) is 63.2 cm³/mol. The van der Waals surface area contributed by atoms with Crippen molar-refractivity contribution in [3.05, 3.63) is 29.6 Å². The lowest BCUT2D eigenvalue weighted by Gasteiger charge is -2.27. The van der Waals surface area contributed by atoms with Gasteiger partial charge in [0.1, 0.15) is 0 Å². The van der Waals surface area contributed by atoms with Gasteiger partial charge >= 0.3 is 0 Å². The number of nitrogens with two attached hydrogens (primary N) is 1. The highest BCUT2D eigenvalue weighted by molar-refractivity contribution is 5.98. The Bertz CT molecular complexity index is 372.